The van der Waals surface area contributed by atoms with Gasteiger partial charge in [0.2, 0.25) is 5.95 Å². The molecule has 2 heterocycles. The maximum absolute atomic E-state index is 5.38. The smallest absolute Gasteiger partial charge is 0.232 e. The van der Waals surface area contributed by atoms with Gasteiger partial charge in [-0.05, 0) is 48.7 Å². The molecular weight excluding hydrogens is 352 g/mol. The van der Waals surface area contributed by atoms with E-state index in [0.717, 1.165) is 29.5 Å². The second-order valence-electron chi connectivity index (χ2n) is 6.84. The zero-order valence-corrected chi connectivity index (χ0v) is 16.3. The lowest BCUT2D eigenvalue weighted by Crippen LogP contribution is -2.26. The number of nitrogens with zero attached hydrogens (tertiary/aromatic N) is 3. The number of methoxy groups -OCH3 is 2. The van der Waals surface area contributed by atoms with E-state index in [0.29, 0.717) is 18.3 Å². The number of nitrogens with one attached hydrogen (secondary N) is 1. The van der Waals surface area contributed by atoms with Crippen LogP contribution in [0.4, 0.5) is 17.5 Å². The van der Waals surface area contributed by atoms with Crippen molar-refractivity contribution in [1.82, 2.24) is 9.97 Å². The number of anilines is 3. The number of para-hydroxylation sites is 1. The molecule has 1 aromatic heterocycles. The molecule has 6 heteroatoms. The molecule has 28 heavy (non-hydrogen) atoms. The van der Waals surface area contributed by atoms with Crippen LogP contribution in [0.25, 0.3) is 0 Å². The Morgan fingerprint density at radius 3 is 2.71 bits per heavy atom. The maximum Gasteiger partial charge on any atom is 0.232 e. The number of ether oxygens (including phenoxy) is 2. The van der Waals surface area contributed by atoms with Gasteiger partial charge in [-0.15, -0.1) is 0 Å². The Kier molecular flexibility index (Phi) is 5.02. The van der Waals surface area contributed by atoms with Crippen molar-refractivity contribution in [2.45, 2.75) is 25.9 Å². The molecule has 2 aromatic carbocycles. The van der Waals surface area contributed by atoms with Gasteiger partial charge in [0.1, 0.15) is 5.82 Å². The number of rotatable bonds is 6. The van der Waals surface area contributed by atoms with Crippen molar-refractivity contribution in [3.8, 4) is 11.5 Å². The van der Waals surface area contributed by atoms with Gasteiger partial charge in [-0.3, -0.25) is 0 Å². The van der Waals surface area contributed by atoms with Gasteiger partial charge in [0.15, 0.2) is 11.5 Å². The van der Waals surface area contributed by atoms with Gasteiger partial charge in [0, 0.05) is 24.5 Å². The normalized spacial score (nSPS) is 15.2. The standard InChI is InChI=1S/C22H24N4O2/c1-15-12-17-6-4-5-7-18(17)26(15)22-23-11-10-21(25-22)24-14-16-8-9-19(27-2)20(13-16)28-3/h4-11,13,15H,12,14H2,1-3H3,(H,23,24,25). The molecule has 1 atom stereocenters. The van der Waals surface area contributed by atoms with Crippen molar-refractivity contribution in [3.63, 3.8) is 0 Å². The van der Waals surface area contributed by atoms with Crippen LogP contribution in [0.2, 0.25) is 0 Å². The van der Waals surface area contributed by atoms with Crippen LogP contribution in [-0.4, -0.2) is 30.2 Å². The molecule has 0 bridgehead atoms. The molecule has 0 fully saturated rings. The van der Waals surface area contributed by atoms with Crippen LogP contribution in [0.5, 0.6) is 11.5 Å². The van der Waals surface area contributed by atoms with E-state index in [1.54, 1.807) is 20.4 Å². The van der Waals surface area contributed by atoms with E-state index >= 15 is 0 Å². The lowest BCUT2D eigenvalue weighted by atomic mass is 10.1. The summed E-state index contributed by atoms with van der Waals surface area (Å²) in [4.78, 5) is 11.5. The molecule has 144 valence electrons. The van der Waals surface area contributed by atoms with Gasteiger partial charge in [0.05, 0.1) is 14.2 Å². The summed E-state index contributed by atoms with van der Waals surface area (Å²) in [5, 5.41) is 3.38. The van der Waals surface area contributed by atoms with Gasteiger partial charge >= 0.3 is 0 Å². The molecule has 0 amide bonds. The lowest BCUT2D eigenvalue weighted by molar-refractivity contribution is 0.354. The fourth-order valence-corrected chi connectivity index (χ4v) is 3.62. The van der Waals surface area contributed by atoms with Crippen LogP contribution in [0.3, 0.4) is 0 Å². The SMILES string of the molecule is COc1ccc(CNc2ccnc(N3c4ccccc4CC3C)n2)cc1OC. The molecule has 1 aliphatic rings. The Morgan fingerprint density at radius 2 is 1.89 bits per heavy atom. The summed E-state index contributed by atoms with van der Waals surface area (Å²) in [6.45, 7) is 2.83. The lowest BCUT2D eigenvalue weighted by Gasteiger charge is -2.23. The number of aromatic nitrogens is 2. The molecule has 0 aliphatic carbocycles. The molecule has 0 radical (unpaired) electrons. The van der Waals surface area contributed by atoms with Gasteiger partial charge < -0.3 is 19.7 Å². The van der Waals surface area contributed by atoms with E-state index in [2.05, 4.69) is 46.4 Å². The third kappa shape index (κ3) is 3.45. The fourth-order valence-electron chi connectivity index (χ4n) is 3.62. The largest absolute Gasteiger partial charge is 0.493 e. The summed E-state index contributed by atoms with van der Waals surface area (Å²) in [5.41, 5.74) is 3.60. The van der Waals surface area contributed by atoms with Crippen molar-refractivity contribution in [2.24, 2.45) is 0 Å². The summed E-state index contributed by atoms with van der Waals surface area (Å²) >= 11 is 0. The summed E-state index contributed by atoms with van der Waals surface area (Å²) in [6.07, 6.45) is 2.80. The average molecular weight is 376 g/mol. The van der Waals surface area contributed by atoms with Gasteiger partial charge in [-0.2, -0.15) is 4.98 Å². The second kappa shape index (κ2) is 7.76. The summed E-state index contributed by atoms with van der Waals surface area (Å²) in [7, 11) is 3.27. The zero-order valence-electron chi connectivity index (χ0n) is 16.3. The predicted octanol–water partition coefficient (Wildman–Crippen LogP) is 4.19. The quantitative estimate of drug-likeness (QED) is 0.696. The minimum Gasteiger partial charge on any atom is -0.493 e. The van der Waals surface area contributed by atoms with E-state index in [1.165, 1.54) is 11.3 Å². The van der Waals surface area contributed by atoms with Crippen molar-refractivity contribution < 1.29 is 9.47 Å². The Balaban J connectivity index is 1.52. The summed E-state index contributed by atoms with van der Waals surface area (Å²) in [6, 6.07) is 16.5. The third-order valence-corrected chi connectivity index (χ3v) is 4.99. The molecule has 1 unspecified atom stereocenters. The number of hydrogen-bond acceptors (Lipinski definition) is 6. The first kappa shape index (κ1) is 18.1. The zero-order chi connectivity index (χ0) is 19.5. The van der Waals surface area contributed by atoms with Crippen molar-refractivity contribution in [3.05, 3.63) is 65.9 Å². The maximum atomic E-state index is 5.38. The highest BCUT2D eigenvalue weighted by molar-refractivity contribution is 5.67. The van der Waals surface area contributed by atoms with E-state index < -0.39 is 0 Å². The number of hydrogen-bond donors (Lipinski definition) is 1. The average Bonchev–Trinajstić information content (AvgIpc) is 3.07. The molecule has 1 N–H and O–H groups in total. The first-order chi connectivity index (χ1) is 13.7. The Hall–Kier alpha value is -3.28. The highest BCUT2D eigenvalue weighted by atomic mass is 16.5. The Bertz CT molecular complexity index is 976. The van der Waals surface area contributed by atoms with Crippen LogP contribution >= 0.6 is 0 Å². The predicted molar refractivity (Wildman–Crippen MR) is 111 cm³/mol. The first-order valence-electron chi connectivity index (χ1n) is 9.34. The monoisotopic (exact) mass is 376 g/mol. The Labute approximate surface area is 165 Å². The molecule has 6 nitrogen and oxygen atoms in total. The van der Waals surface area contributed by atoms with Gasteiger partial charge in [0.25, 0.3) is 0 Å². The highest BCUT2D eigenvalue weighted by Crippen LogP contribution is 2.36. The van der Waals surface area contributed by atoms with Crippen molar-refractivity contribution in [2.75, 3.05) is 24.4 Å². The van der Waals surface area contributed by atoms with Crippen LogP contribution in [0.15, 0.2) is 54.7 Å². The van der Waals surface area contributed by atoms with E-state index in [9.17, 15) is 0 Å². The van der Waals surface area contributed by atoms with E-state index in [4.69, 9.17) is 14.5 Å². The van der Waals surface area contributed by atoms with Crippen molar-refractivity contribution in [1.29, 1.82) is 0 Å². The van der Waals surface area contributed by atoms with E-state index in [-0.39, 0.29) is 0 Å². The number of benzene rings is 2. The number of fused-ring (bicyclic) bond motifs is 1. The van der Waals surface area contributed by atoms with Gasteiger partial charge in [-0.25, -0.2) is 4.98 Å². The minimum atomic E-state index is 0.332. The molecule has 0 saturated carbocycles. The minimum absolute atomic E-state index is 0.332. The second-order valence-corrected chi connectivity index (χ2v) is 6.84. The summed E-state index contributed by atoms with van der Waals surface area (Å²) < 4.78 is 10.7. The van der Waals surface area contributed by atoms with E-state index in [1.807, 2.05) is 24.3 Å². The van der Waals surface area contributed by atoms with Crippen LogP contribution in [-0.2, 0) is 13.0 Å². The molecule has 4 rings (SSSR count). The third-order valence-electron chi connectivity index (χ3n) is 4.99. The van der Waals surface area contributed by atoms with Crippen LogP contribution in [0, 0.1) is 0 Å². The van der Waals surface area contributed by atoms with Crippen LogP contribution < -0.4 is 19.7 Å². The molecule has 0 saturated heterocycles. The topological polar surface area (TPSA) is 59.5 Å². The molecule has 3 aromatic rings. The highest BCUT2D eigenvalue weighted by Gasteiger charge is 2.28. The Morgan fingerprint density at radius 1 is 1.07 bits per heavy atom. The first-order valence-corrected chi connectivity index (χ1v) is 9.34. The summed E-state index contributed by atoms with van der Waals surface area (Å²) in [5.74, 6) is 2.94. The molecular formula is C22H24N4O2. The van der Waals surface area contributed by atoms with Crippen LogP contribution in [0.1, 0.15) is 18.1 Å². The molecule has 0 spiro atoms. The fraction of sp³-hybridized carbons (Fsp3) is 0.273. The van der Waals surface area contributed by atoms with Crippen molar-refractivity contribution >= 4 is 17.5 Å². The van der Waals surface area contributed by atoms with Gasteiger partial charge in [-0.1, -0.05) is 24.3 Å². The molecule has 1 aliphatic heterocycles.